The lowest BCUT2D eigenvalue weighted by atomic mass is 10.2. The summed E-state index contributed by atoms with van der Waals surface area (Å²) in [6, 6.07) is 22.0. The van der Waals surface area contributed by atoms with E-state index in [0.29, 0.717) is 45.7 Å². The van der Waals surface area contributed by atoms with Crippen molar-refractivity contribution in [2.75, 3.05) is 22.9 Å². The summed E-state index contributed by atoms with van der Waals surface area (Å²) < 4.78 is 37.4. The molecular weight excluding hydrogens is 440 g/mol. The van der Waals surface area contributed by atoms with E-state index in [-0.39, 0.29) is 9.79 Å². The van der Waals surface area contributed by atoms with Crippen molar-refractivity contribution >= 4 is 32.6 Å². The number of nitrogens with two attached hydrogens (primary N) is 4. The molecule has 9 heteroatoms. The Morgan fingerprint density at radius 2 is 0.788 bits per heavy atom. The van der Waals surface area contributed by atoms with Crippen LogP contribution in [0.25, 0.3) is 0 Å². The summed E-state index contributed by atoms with van der Waals surface area (Å²) in [6.45, 7) is 0. The second-order valence-electron chi connectivity index (χ2n) is 7.23. The van der Waals surface area contributed by atoms with E-state index >= 15 is 0 Å². The maximum Gasteiger partial charge on any atom is 0.206 e. The fourth-order valence-electron chi connectivity index (χ4n) is 3.01. The third-order valence-electron chi connectivity index (χ3n) is 4.86. The Bertz CT molecular complexity index is 1300. The number of hydrogen-bond acceptors (Lipinski definition) is 8. The number of nitrogen functional groups attached to an aromatic ring is 4. The minimum atomic E-state index is -3.73. The van der Waals surface area contributed by atoms with Crippen LogP contribution in [0.4, 0.5) is 22.7 Å². The number of anilines is 4. The molecule has 0 atom stereocenters. The highest BCUT2D eigenvalue weighted by molar-refractivity contribution is 7.91. The van der Waals surface area contributed by atoms with Gasteiger partial charge >= 0.3 is 0 Å². The molecule has 8 N–H and O–H groups in total. The molecule has 0 radical (unpaired) electrons. The lowest BCUT2D eigenvalue weighted by Crippen LogP contribution is -2.02. The van der Waals surface area contributed by atoms with Crippen molar-refractivity contribution < 1.29 is 17.9 Å². The maximum absolute atomic E-state index is 13.0. The van der Waals surface area contributed by atoms with E-state index in [9.17, 15) is 8.42 Å². The van der Waals surface area contributed by atoms with E-state index < -0.39 is 9.84 Å². The van der Waals surface area contributed by atoms with Gasteiger partial charge in [-0.05, 0) is 72.8 Å². The topological polar surface area (TPSA) is 157 Å². The van der Waals surface area contributed by atoms with Crippen LogP contribution in [-0.2, 0) is 9.84 Å². The molecule has 0 saturated carbocycles. The Morgan fingerprint density at radius 1 is 0.455 bits per heavy atom. The first-order valence-corrected chi connectivity index (χ1v) is 11.3. The van der Waals surface area contributed by atoms with Crippen LogP contribution in [0.5, 0.6) is 23.0 Å². The molecule has 168 valence electrons. The summed E-state index contributed by atoms with van der Waals surface area (Å²) in [5.74, 6) is 1.92. The van der Waals surface area contributed by atoms with Gasteiger partial charge in [-0.15, -0.1) is 0 Å². The summed E-state index contributed by atoms with van der Waals surface area (Å²) in [5, 5.41) is 0. The SMILES string of the molecule is Nc1ccc(Oc2ccc(S(=O)(=O)c3ccc(Oc4ccc(N)c(N)c4)cc3)cc2)cc1N. The standard InChI is InChI=1S/C24H22N4O4S/c25-21-11-5-17(13-23(21)27)31-15-1-7-19(8-2-15)33(29,30)20-9-3-16(4-10-20)32-18-6-12-22(26)24(28)14-18/h1-14H,25-28H2. The van der Waals surface area contributed by atoms with Crippen LogP contribution in [-0.4, -0.2) is 8.42 Å². The zero-order valence-corrected chi connectivity index (χ0v) is 18.3. The van der Waals surface area contributed by atoms with E-state index in [1.165, 1.54) is 24.3 Å². The molecule has 0 aliphatic rings. The normalized spacial score (nSPS) is 11.2. The first-order valence-electron chi connectivity index (χ1n) is 9.83. The van der Waals surface area contributed by atoms with E-state index in [1.54, 1.807) is 60.7 Å². The molecule has 4 aromatic carbocycles. The van der Waals surface area contributed by atoms with Crippen molar-refractivity contribution in [1.82, 2.24) is 0 Å². The molecule has 0 aliphatic carbocycles. The Labute approximate surface area is 191 Å². The van der Waals surface area contributed by atoms with Crippen LogP contribution in [0.2, 0.25) is 0 Å². The van der Waals surface area contributed by atoms with Crippen LogP contribution < -0.4 is 32.4 Å². The Kier molecular flexibility index (Phi) is 5.72. The van der Waals surface area contributed by atoms with Crippen LogP contribution in [0, 0.1) is 0 Å². The van der Waals surface area contributed by atoms with Crippen molar-refractivity contribution in [3.63, 3.8) is 0 Å². The molecule has 0 unspecified atom stereocenters. The molecule has 0 amide bonds. The number of ether oxygens (including phenoxy) is 2. The molecule has 0 fully saturated rings. The predicted molar refractivity (Wildman–Crippen MR) is 129 cm³/mol. The number of sulfone groups is 1. The highest BCUT2D eigenvalue weighted by Crippen LogP contribution is 2.30. The molecule has 0 bridgehead atoms. The van der Waals surface area contributed by atoms with Gasteiger partial charge in [-0.3, -0.25) is 0 Å². The van der Waals surface area contributed by atoms with Crippen molar-refractivity contribution in [2.24, 2.45) is 0 Å². The van der Waals surface area contributed by atoms with E-state index in [2.05, 4.69) is 0 Å². The first-order chi connectivity index (χ1) is 15.7. The van der Waals surface area contributed by atoms with Crippen molar-refractivity contribution in [3.05, 3.63) is 84.9 Å². The Balaban J connectivity index is 1.49. The fourth-order valence-corrected chi connectivity index (χ4v) is 4.28. The summed E-state index contributed by atoms with van der Waals surface area (Å²) in [4.78, 5) is 0.262. The Hall–Kier alpha value is -4.37. The minimum Gasteiger partial charge on any atom is -0.457 e. The van der Waals surface area contributed by atoms with Crippen LogP contribution in [0.1, 0.15) is 0 Å². The number of benzene rings is 4. The number of hydrogen-bond donors (Lipinski definition) is 4. The van der Waals surface area contributed by atoms with Gasteiger partial charge in [-0.25, -0.2) is 8.42 Å². The lowest BCUT2D eigenvalue weighted by molar-refractivity contribution is 0.482. The molecular formula is C24H22N4O4S. The molecule has 0 spiro atoms. The predicted octanol–water partition coefficient (Wildman–Crippen LogP) is 4.43. The monoisotopic (exact) mass is 462 g/mol. The summed E-state index contributed by atoms with van der Waals surface area (Å²) in [5.41, 5.74) is 24.7. The Morgan fingerprint density at radius 3 is 1.12 bits per heavy atom. The molecule has 33 heavy (non-hydrogen) atoms. The highest BCUT2D eigenvalue weighted by Gasteiger charge is 2.18. The molecule has 0 saturated heterocycles. The molecule has 4 rings (SSSR count). The second-order valence-corrected chi connectivity index (χ2v) is 9.18. The highest BCUT2D eigenvalue weighted by atomic mass is 32.2. The molecule has 0 aromatic heterocycles. The van der Waals surface area contributed by atoms with Gasteiger partial charge in [0, 0.05) is 12.1 Å². The van der Waals surface area contributed by atoms with Crippen LogP contribution in [0.3, 0.4) is 0 Å². The molecule has 8 nitrogen and oxygen atoms in total. The van der Waals surface area contributed by atoms with Crippen molar-refractivity contribution in [1.29, 1.82) is 0 Å². The van der Waals surface area contributed by atoms with E-state index in [1.807, 2.05) is 0 Å². The van der Waals surface area contributed by atoms with Crippen LogP contribution in [0.15, 0.2) is 94.7 Å². The molecule has 0 aliphatic heterocycles. The van der Waals surface area contributed by atoms with Gasteiger partial charge in [-0.2, -0.15) is 0 Å². The first kappa shape index (κ1) is 21.8. The minimum absolute atomic E-state index is 0.131. The molecule has 4 aromatic rings. The fraction of sp³-hybridized carbons (Fsp3) is 0. The largest absolute Gasteiger partial charge is 0.457 e. The summed E-state index contributed by atoms with van der Waals surface area (Å²) >= 11 is 0. The summed E-state index contributed by atoms with van der Waals surface area (Å²) in [6.07, 6.45) is 0. The van der Waals surface area contributed by atoms with Crippen molar-refractivity contribution in [3.8, 4) is 23.0 Å². The summed E-state index contributed by atoms with van der Waals surface area (Å²) in [7, 11) is -3.73. The molecule has 0 heterocycles. The van der Waals surface area contributed by atoms with Gasteiger partial charge in [-0.1, -0.05) is 0 Å². The van der Waals surface area contributed by atoms with E-state index in [4.69, 9.17) is 32.4 Å². The second kappa shape index (κ2) is 8.64. The van der Waals surface area contributed by atoms with Gasteiger partial charge in [0.1, 0.15) is 23.0 Å². The zero-order chi connectivity index (χ0) is 23.6. The number of rotatable bonds is 6. The average Bonchev–Trinajstić information content (AvgIpc) is 2.80. The zero-order valence-electron chi connectivity index (χ0n) is 17.4. The van der Waals surface area contributed by atoms with Crippen molar-refractivity contribution in [2.45, 2.75) is 9.79 Å². The van der Waals surface area contributed by atoms with Crippen LogP contribution >= 0.6 is 0 Å². The van der Waals surface area contributed by atoms with Gasteiger partial charge in [0.2, 0.25) is 9.84 Å². The quantitative estimate of drug-likeness (QED) is 0.306. The van der Waals surface area contributed by atoms with Gasteiger partial charge in [0.25, 0.3) is 0 Å². The smallest absolute Gasteiger partial charge is 0.206 e. The van der Waals surface area contributed by atoms with Gasteiger partial charge < -0.3 is 32.4 Å². The average molecular weight is 463 g/mol. The van der Waals surface area contributed by atoms with Gasteiger partial charge in [0.05, 0.1) is 32.5 Å². The van der Waals surface area contributed by atoms with Gasteiger partial charge in [0.15, 0.2) is 0 Å². The maximum atomic E-state index is 13.0. The lowest BCUT2D eigenvalue weighted by Gasteiger charge is -2.10. The third-order valence-corrected chi connectivity index (χ3v) is 6.64. The third kappa shape index (κ3) is 4.78. The van der Waals surface area contributed by atoms with E-state index in [0.717, 1.165) is 0 Å².